The van der Waals surface area contributed by atoms with E-state index in [0.29, 0.717) is 0 Å². The van der Waals surface area contributed by atoms with Gasteiger partial charge in [0.15, 0.2) is 0 Å². The summed E-state index contributed by atoms with van der Waals surface area (Å²) in [5.41, 5.74) is 0. The largest absolute Gasteiger partial charge is 0.426 e. The van der Waals surface area contributed by atoms with Crippen LogP contribution < -0.4 is 0 Å². The molecule has 0 aliphatic heterocycles. The minimum Gasteiger partial charge on any atom is -0.426 e. The minimum atomic E-state index is 0. The third kappa shape index (κ3) is 10.7. The molecule has 0 aromatic heterocycles. The second-order valence-corrected chi connectivity index (χ2v) is 1.56. The van der Waals surface area contributed by atoms with Crippen molar-refractivity contribution in [3.63, 3.8) is 0 Å². The van der Waals surface area contributed by atoms with Crippen LogP contribution in [0.2, 0.25) is 0 Å². The van der Waals surface area contributed by atoms with Crippen molar-refractivity contribution < 1.29 is 9.16 Å². The monoisotopic (exact) mass is 142 g/mol. The van der Waals surface area contributed by atoms with Gasteiger partial charge in [0.1, 0.15) is 10.5 Å². The van der Waals surface area contributed by atoms with Gasteiger partial charge in [0.25, 0.3) is 0 Å². The van der Waals surface area contributed by atoms with Crippen LogP contribution in [-0.4, -0.2) is 30.8 Å². The van der Waals surface area contributed by atoms with Crippen molar-refractivity contribution in [2.45, 2.75) is 0 Å². The topological polar surface area (TPSA) is 18.5 Å². The van der Waals surface area contributed by atoms with Gasteiger partial charge in [-0.3, -0.25) is 0 Å². The van der Waals surface area contributed by atoms with E-state index in [1.165, 1.54) is 0 Å². The molecule has 4 heteroatoms. The Morgan fingerprint density at radius 3 is 2.14 bits per heavy atom. The smallest absolute Gasteiger partial charge is 0.146 e. The van der Waals surface area contributed by atoms with Crippen LogP contribution in [0, 0.1) is 0 Å². The Bertz CT molecular complexity index is 24.9. The van der Waals surface area contributed by atoms with E-state index in [0.717, 1.165) is 23.7 Å². The Kier molecular flexibility index (Phi) is 14.4. The minimum absolute atomic E-state index is 0. The van der Waals surface area contributed by atoms with Crippen LogP contribution in [0.3, 0.4) is 0 Å². The maximum Gasteiger partial charge on any atom is 0.146 e. The number of rotatable bonds is 3. The summed E-state index contributed by atoms with van der Waals surface area (Å²) in [4.78, 5) is 0. The van der Waals surface area contributed by atoms with E-state index < -0.39 is 0 Å². The zero-order valence-corrected chi connectivity index (χ0v) is 7.46. The summed E-state index contributed by atoms with van der Waals surface area (Å²) in [5, 5.41) is 0. The number of ether oxygens (including phenoxy) is 1. The normalized spacial score (nSPS) is 8.14. The van der Waals surface area contributed by atoms with Crippen molar-refractivity contribution in [3.05, 3.63) is 0 Å². The second kappa shape index (κ2) is 9.66. The fraction of sp³-hybridized carbons (Fsp3) is 1.00. The molecule has 0 saturated heterocycles. The van der Waals surface area contributed by atoms with E-state index in [1.807, 2.05) is 0 Å². The average molecular weight is 143 g/mol. The highest BCUT2D eigenvalue weighted by Gasteiger charge is 1.73. The highest BCUT2D eigenvalue weighted by Crippen LogP contribution is 1.64. The van der Waals surface area contributed by atoms with Gasteiger partial charge in [0.2, 0.25) is 0 Å². The summed E-state index contributed by atoms with van der Waals surface area (Å²) >= 11 is 0. The molecule has 0 N–H and O–H groups in total. The number of hydrogen-bond acceptors (Lipinski definition) is 2. The molecule has 0 radical (unpaired) electrons. The van der Waals surface area contributed by atoms with Crippen molar-refractivity contribution in [2.75, 3.05) is 20.3 Å². The van der Waals surface area contributed by atoms with Crippen molar-refractivity contribution >= 4 is 22.9 Å². The molecule has 7 heavy (non-hydrogen) atoms. The van der Waals surface area contributed by atoms with Crippen LogP contribution in [0.5, 0.6) is 0 Å². The number of hydrogen-bond donors (Lipinski definition) is 0. The Morgan fingerprint density at radius 1 is 1.43 bits per heavy atom. The summed E-state index contributed by atoms with van der Waals surface area (Å²) in [6.07, 6.45) is 0. The highest BCUT2D eigenvalue weighted by atomic mass is 35.5. The van der Waals surface area contributed by atoms with Crippen LogP contribution in [0.1, 0.15) is 0 Å². The Labute approximate surface area is 53.1 Å². The molecule has 0 atom stereocenters. The Morgan fingerprint density at radius 2 is 2.00 bits per heavy atom. The molecular weight excluding hydrogens is 132 g/mol. The first-order valence-electron chi connectivity index (χ1n) is 1.89. The standard InChI is InChI=1S/C3H10O2Si.ClH/c1-4-2-3-5-6;/h2-3H2,1,6H3;1H. The fourth-order valence-electron chi connectivity index (χ4n) is 0.167. The van der Waals surface area contributed by atoms with E-state index in [4.69, 9.17) is 4.43 Å². The lowest BCUT2D eigenvalue weighted by Crippen LogP contribution is -1.97. The summed E-state index contributed by atoms with van der Waals surface area (Å²) in [5.74, 6) is 0. The Hall–Kier alpha value is 0.427. The average Bonchev–Trinajstić information content (AvgIpc) is 1.61. The molecule has 0 saturated carbocycles. The molecule has 0 spiro atoms. The first-order chi connectivity index (χ1) is 2.91. The van der Waals surface area contributed by atoms with E-state index in [2.05, 4.69) is 4.74 Å². The molecule has 2 nitrogen and oxygen atoms in total. The number of methoxy groups -OCH3 is 1. The molecular formula is C3H11ClO2Si. The lowest BCUT2D eigenvalue weighted by atomic mass is 10.8. The van der Waals surface area contributed by atoms with Crippen LogP contribution in [0.4, 0.5) is 0 Å². The summed E-state index contributed by atoms with van der Waals surface area (Å²) in [7, 11) is 2.49. The van der Waals surface area contributed by atoms with Gasteiger partial charge in [0.05, 0.1) is 13.2 Å². The Balaban J connectivity index is 0. The molecule has 0 aliphatic rings. The van der Waals surface area contributed by atoms with E-state index in [1.54, 1.807) is 7.11 Å². The second-order valence-electron chi connectivity index (χ2n) is 0.986. The van der Waals surface area contributed by atoms with Crippen LogP contribution >= 0.6 is 12.4 Å². The molecule has 0 aliphatic carbocycles. The molecule has 0 unspecified atom stereocenters. The van der Waals surface area contributed by atoms with Gasteiger partial charge < -0.3 is 9.16 Å². The molecule has 0 amide bonds. The SMILES string of the molecule is COCCO[SiH3].Cl. The first-order valence-corrected chi connectivity index (χ1v) is 2.71. The lowest BCUT2D eigenvalue weighted by Gasteiger charge is -1.92. The molecule has 0 rings (SSSR count). The van der Waals surface area contributed by atoms with Gasteiger partial charge in [-0.2, -0.15) is 0 Å². The van der Waals surface area contributed by atoms with Crippen molar-refractivity contribution in [3.8, 4) is 0 Å². The van der Waals surface area contributed by atoms with E-state index in [9.17, 15) is 0 Å². The van der Waals surface area contributed by atoms with Gasteiger partial charge in [-0.25, -0.2) is 0 Å². The van der Waals surface area contributed by atoms with Crippen molar-refractivity contribution in [2.24, 2.45) is 0 Å². The quantitative estimate of drug-likeness (QED) is 0.385. The van der Waals surface area contributed by atoms with Gasteiger partial charge in [-0.15, -0.1) is 12.4 Å². The summed E-state index contributed by atoms with van der Waals surface area (Å²) < 4.78 is 9.48. The van der Waals surface area contributed by atoms with E-state index >= 15 is 0 Å². The third-order valence-electron chi connectivity index (χ3n) is 0.492. The van der Waals surface area contributed by atoms with Gasteiger partial charge in [-0.05, 0) is 0 Å². The van der Waals surface area contributed by atoms with Crippen molar-refractivity contribution in [1.82, 2.24) is 0 Å². The zero-order chi connectivity index (χ0) is 4.83. The maximum atomic E-state index is 4.80. The first kappa shape index (κ1) is 10.4. The van der Waals surface area contributed by atoms with Crippen LogP contribution in [-0.2, 0) is 9.16 Å². The van der Waals surface area contributed by atoms with Gasteiger partial charge in [-0.1, -0.05) is 0 Å². The summed E-state index contributed by atoms with van der Waals surface area (Å²) in [6, 6.07) is 0. The predicted molar refractivity (Wildman–Crippen MR) is 35.0 cm³/mol. The molecule has 0 bridgehead atoms. The lowest BCUT2D eigenvalue weighted by molar-refractivity contribution is 0.152. The maximum absolute atomic E-state index is 4.80. The molecule has 46 valence electrons. The fourth-order valence-corrected chi connectivity index (χ4v) is 0.333. The van der Waals surface area contributed by atoms with Gasteiger partial charge >= 0.3 is 0 Å². The highest BCUT2D eigenvalue weighted by molar-refractivity contribution is 5.97. The summed E-state index contributed by atoms with van der Waals surface area (Å²) in [6.45, 7) is 1.48. The third-order valence-corrected chi connectivity index (χ3v) is 0.900. The van der Waals surface area contributed by atoms with E-state index in [-0.39, 0.29) is 12.4 Å². The molecule has 0 aromatic rings. The number of halogens is 1. The predicted octanol–water partition coefficient (Wildman–Crippen LogP) is -0.648. The molecule has 0 fully saturated rings. The molecule has 0 aromatic carbocycles. The zero-order valence-electron chi connectivity index (χ0n) is 4.64. The van der Waals surface area contributed by atoms with Gasteiger partial charge in [0, 0.05) is 7.11 Å². The van der Waals surface area contributed by atoms with Crippen LogP contribution in [0.15, 0.2) is 0 Å². The van der Waals surface area contributed by atoms with Crippen molar-refractivity contribution in [1.29, 1.82) is 0 Å². The molecule has 0 heterocycles. The van der Waals surface area contributed by atoms with Crippen LogP contribution in [0.25, 0.3) is 0 Å².